The molecule has 0 aromatic rings. The second-order valence-corrected chi connectivity index (χ2v) is 20.2. The highest BCUT2D eigenvalue weighted by Crippen LogP contribution is 2.14. The van der Waals surface area contributed by atoms with E-state index in [9.17, 15) is 14.4 Å². The number of rotatable bonds is 55. The van der Waals surface area contributed by atoms with Crippen LogP contribution in [0.3, 0.4) is 0 Å². The Morgan fingerprint density at radius 1 is 0.269 bits per heavy atom. The monoisotopic (exact) mass is 1070 g/mol. The first-order chi connectivity index (χ1) is 38.5. The SMILES string of the molecule is CC/C=C\C/C=C\C/C=C\C/C=C\C/C=C\C/C=C\CCCCCCCCCCC(=O)OCC(COC(=O)CCCCCCC/C=C\CCCCC)OC(=O)CCCC/C=C\C/C=C\C/C=C\C/C=C\C/C=C\C/C=C\CC. The van der Waals surface area contributed by atoms with Crippen LogP contribution in [-0.2, 0) is 28.6 Å². The van der Waals surface area contributed by atoms with Gasteiger partial charge in [-0.25, -0.2) is 0 Å². The molecule has 0 N–H and O–H groups in total. The molecule has 0 aliphatic heterocycles. The van der Waals surface area contributed by atoms with Crippen molar-refractivity contribution in [1.29, 1.82) is 0 Å². The van der Waals surface area contributed by atoms with Gasteiger partial charge in [-0.3, -0.25) is 14.4 Å². The Hall–Kier alpha value is -4.97. The van der Waals surface area contributed by atoms with Crippen LogP contribution in [0.2, 0.25) is 0 Å². The molecule has 0 aliphatic rings. The van der Waals surface area contributed by atoms with Gasteiger partial charge in [0.25, 0.3) is 0 Å². The molecular formula is C72H114O6. The lowest BCUT2D eigenvalue weighted by molar-refractivity contribution is -0.167. The van der Waals surface area contributed by atoms with Crippen molar-refractivity contribution in [2.75, 3.05) is 13.2 Å². The van der Waals surface area contributed by atoms with Crippen molar-refractivity contribution in [2.24, 2.45) is 0 Å². The number of carbonyl (C=O) groups is 3. The number of hydrogen-bond donors (Lipinski definition) is 0. The Labute approximate surface area is 480 Å². The van der Waals surface area contributed by atoms with Crippen LogP contribution in [0.25, 0.3) is 0 Å². The summed E-state index contributed by atoms with van der Waals surface area (Å²) in [6.45, 7) is 6.33. The van der Waals surface area contributed by atoms with Gasteiger partial charge in [-0.15, -0.1) is 0 Å². The molecule has 0 amide bonds. The number of esters is 3. The fraction of sp³-hybridized carbons (Fsp3) is 0.597. The molecule has 0 aromatic carbocycles. The zero-order valence-corrected chi connectivity index (χ0v) is 50.1. The molecule has 78 heavy (non-hydrogen) atoms. The average molecular weight is 1080 g/mol. The van der Waals surface area contributed by atoms with E-state index in [1.807, 2.05) is 0 Å². The Kier molecular flexibility index (Phi) is 60.4. The standard InChI is InChI=1S/C72H114O6/c1-4-7-10-13-16-19-22-25-27-29-31-33-34-35-36-37-38-40-41-43-45-47-50-53-56-59-62-65-71(74)77-68-69(67-76-70(73)64-61-58-55-52-49-24-21-18-15-12-9-6-3)78-72(75)66-63-60-57-54-51-48-46-44-42-39-32-30-28-26-23-20-17-14-11-8-5-2/h7-8,10-11,16-21,25-28,31-33,35-36,38-40,44,46,51,54,69H,4-6,9,12-15,22-24,29-30,34,37,41-43,45,47-50,52-53,55-68H2,1-3H3/b10-7-,11-8-,19-16-,20-17-,21-18-,27-25-,28-26-,33-31-,36-35-,39-32-,40-38-,46-44-,54-51-. The van der Waals surface area contributed by atoms with Gasteiger partial charge in [-0.2, -0.15) is 0 Å². The molecule has 0 radical (unpaired) electrons. The van der Waals surface area contributed by atoms with Crippen LogP contribution in [-0.4, -0.2) is 37.2 Å². The molecule has 0 bridgehead atoms. The summed E-state index contributed by atoms with van der Waals surface area (Å²) in [4.78, 5) is 38.3. The van der Waals surface area contributed by atoms with Crippen LogP contribution < -0.4 is 0 Å². The maximum absolute atomic E-state index is 12.9. The molecule has 438 valence electrons. The van der Waals surface area contributed by atoms with E-state index in [0.29, 0.717) is 19.3 Å². The normalized spacial score (nSPS) is 13.2. The minimum atomic E-state index is -0.817. The topological polar surface area (TPSA) is 78.9 Å². The molecule has 0 aliphatic carbocycles. The summed E-state index contributed by atoms with van der Waals surface area (Å²) in [6, 6.07) is 0. The predicted octanol–water partition coefficient (Wildman–Crippen LogP) is 21.7. The molecule has 1 unspecified atom stereocenters. The highest BCUT2D eigenvalue weighted by molar-refractivity contribution is 5.71. The number of unbranched alkanes of at least 4 members (excludes halogenated alkanes) is 18. The maximum Gasteiger partial charge on any atom is 0.306 e. The van der Waals surface area contributed by atoms with Crippen molar-refractivity contribution in [3.05, 3.63) is 158 Å². The Bertz CT molecular complexity index is 1760. The maximum atomic E-state index is 12.9. The molecule has 6 nitrogen and oxygen atoms in total. The van der Waals surface area contributed by atoms with Gasteiger partial charge in [-0.05, 0) is 148 Å². The van der Waals surface area contributed by atoms with Crippen LogP contribution in [0, 0.1) is 0 Å². The smallest absolute Gasteiger partial charge is 0.306 e. The fourth-order valence-corrected chi connectivity index (χ4v) is 8.09. The van der Waals surface area contributed by atoms with Crippen molar-refractivity contribution in [3.63, 3.8) is 0 Å². The Morgan fingerprint density at radius 3 is 0.821 bits per heavy atom. The van der Waals surface area contributed by atoms with E-state index in [2.05, 4.69) is 179 Å². The third kappa shape index (κ3) is 61.9. The second kappa shape index (κ2) is 64.6. The number of carbonyl (C=O) groups excluding carboxylic acids is 3. The quantitative estimate of drug-likeness (QED) is 0.0261. The van der Waals surface area contributed by atoms with Crippen LogP contribution in [0.1, 0.15) is 258 Å². The van der Waals surface area contributed by atoms with Gasteiger partial charge in [0.2, 0.25) is 0 Å². The van der Waals surface area contributed by atoms with Crippen molar-refractivity contribution >= 4 is 17.9 Å². The lowest BCUT2D eigenvalue weighted by atomic mass is 10.1. The third-order valence-electron chi connectivity index (χ3n) is 12.7. The van der Waals surface area contributed by atoms with Crippen molar-refractivity contribution in [3.8, 4) is 0 Å². The third-order valence-corrected chi connectivity index (χ3v) is 12.7. The highest BCUT2D eigenvalue weighted by Gasteiger charge is 2.19. The van der Waals surface area contributed by atoms with Gasteiger partial charge in [0.05, 0.1) is 0 Å². The molecule has 0 aromatic heterocycles. The van der Waals surface area contributed by atoms with Gasteiger partial charge in [0.1, 0.15) is 13.2 Å². The summed E-state index contributed by atoms with van der Waals surface area (Å²) in [5, 5.41) is 0. The molecule has 0 heterocycles. The highest BCUT2D eigenvalue weighted by atomic mass is 16.6. The molecule has 1 atom stereocenters. The van der Waals surface area contributed by atoms with Crippen molar-refractivity contribution in [2.45, 2.75) is 264 Å². The van der Waals surface area contributed by atoms with E-state index < -0.39 is 6.10 Å². The molecule has 0 spiro atoms. The molecule has 0 saturated heterocycles. The zero-order chi connectivity index (χ0) is 56.4. The Balaban J connectivity index is 4.43. The van der Waals surface area contributed by atoms with E-state index in [1.165, 1.54) is 64.2 Å². The van der Waals surface area contributed by atoms with Crippen LogP contribution in [0.5, 0.6) is 0 Å². The average Bonchev–Trinajstić information content (AvgIpc) is 3.44. The van der Waals surface area contributed by atoms with Crippen molar-refractivity contribution < 1.29 is 28.6 Å². The molecular weight excluding hydrogens is 961 g/mol. The lowest BCUT2D eigenvalue weighted by Gasteiger charge is -2.18. The molecule has 6 heteroatoms. The van der Waals surface area contributed by atoms with E-state index in [-0.39, 0.29) is 37.5 Å². The zero-order valence-electron chi connectivity index (χ0n) is 50.1. The Morgan fingerprint density at radius 2 is 0.500 bits per heavy atom. The van der Waals surface area contributed by atoms with E-state index >= 15 is 0 Å². The summed E-state index contributed by atoms with van der Waals surface area (Å²) >= 11 is 0. The second-order valence-electron chi connectivity index (χ2n) is 20.2. The van der Waals surface area contributed by atoms with Gasteiger partial charge in [-0.1, -0.05) is 249 Å². The van der Waals surface area contributed by atoms with E-state index in [4.69, 9.17) is 14.2 Å². The van der Waals surface area contributed by atoms with Gasteiger partial charge >= 0.3 is 17.9 Å². The largest absolute Gasteiger partial charge is 0.462 e. The van der Waals surface area contributed by atoms with Crippen molar-refractivity contribution in [1.82, 2.24) is 0 Å². The summed E-state index contributed by atoms with van der Waals surface area (Å²) in [6.07, 6.45) is 93.9. The van der Waals surface area contributed by atoms with Gasteiger partial charge < -0.3 is 14.2 Å². The van der Waals surface area contributed by atoms with Crippen LogP contribution >= 0.6 is 0 Å². The molecule has 0 rings (SSSR count). The lowest BCUT2D eigenvalue weighted by Crippen LogP contribution is -2.30. The van der Waals surface area contributed by atoms with Crippen LogP contribution in [0.4, 0.5) is 0 Å². The summed E-state index contributed by atoms with van der Waals surface area (Å²) in [5.74, 6) is -0.974. The first kappa shape index (κ1) is 73.0. The molecule has 0 saturated carbocycles. The number of hydrogen-bond acceptors (Lipinski definition) is 6. The number of allylic oxidation sites excluding steroid dienone is 26. The first-order valence-electron chi connectivity index (χ1n) is 31.5. The molecule has 0 fully saturated rings. The number of ether oxygens (including phenoxy) is 3. The summed E-state index contributed by atoms with van der Waals surface area (Å²) < 4.78 is 16.8. The minimum Gasteiger partial charge on any atom is -0.462 e. The first-order valence-corrected chi connectivity index (χ1v) is 31.5. The van der Waals surface area contributed by atoms with Crippen LogP contribution in [0.15, 0.2) is 158 Å². The summed E-state index contributed by atoms with van der Waals surface area (Å²) in [5.41, 5.74) is 0. The van der Waals surface area contributed by atoms with Gasteiger partial charge in [0.15, 0.2) is 6.10 Å². The van der Waals surface area contributed by atoms with E-state index in [1.54, 1.807) is 0 Å². The predicted molar refractivity (Wildman–Crippen MR) is 338 cm³/mol. The van der Waals surface area contributed by atoms with Gasteiger partial charge in [0, 0.05) is 19.3 Å². The van der Waals surface area contributed by atoms with E-state index in [0.717, 1.165) is 148 Å². The minimum absolute atomic E-state index is 0.109. The fourth-order valence-electron chi connectivity index (χ4n) is 8.09. The summed E-state index contributed by atoms with van der Waals surface area (Å²) in [7, 11) is 0.